The lowest BCUT2D eigenvalue weighted by Gasteiger charge is -2.02. The maximum atomic E-state index is 10.1. The van der Waals surface area contributed by atoms with Crippen molar-refractivity contribution >= 4 is 20.0 Å². The Bertz CT molecular complexity index is 391. The van der Waals surface area contributed by atoms with Gasteiger partial charge in [0.2, 0.25) is 0 Å². The van der Waals surface area contributed by atoms with E-state index < -0.39 is 20.0 Å². The molecule has 0 aromatic carbocycles. The number of carboxylic acids is 2. The number of carbonyl (C=O) groups is 2. The zero-order valence-electron chi connectivity index (χ0n) is 12.5. The molecule has 0 spiro atoms. The second-order valence-electron chi connectivity index (χ2n) is 5.25. The summed E-state index contributed by atoms with van der Waals surface area (Å²) in [7, 11) is -1.24. The Morgan fingerprint density at radius 2 is 1.45 bits per heavy atom. The van der Waals surface area contributed by atoms with Crippen LogP contribution in [-0.4, -0.2) is 30.2 Å². The Morgan fingerprint density at radius 3 is 1.80 bits per heavy atom. The molecular formula is C15H24O4Si. The second kappa shape index (κ2) is 12.3. The average Bonchev–Trinajstić information content (AvgIpc) is 2.27. The van der Waals surface area contributed by atoms with Gasteiger partial charge in [-0.15, -0.1) is 23.8 Å². The van der Waals surface area contributed by atoms with E-state index in [1.807, 2.05) is 0 Å². The minimum absolute atomic E-state index is 0.185. The molecule has 0 rings (SSSR count). The van der Waals surface area contributed by atoms with E-state index in [9.17, 15) is 9.59 Å². The van der Waals surface area contributed by atoms with Crippen molar-refractivity contribution in [2.75, 3.05) is 0 Å². The molecule has 0 aromatic rings. The van der Waals surface area contributed by atoms with Crippen molar-refractivity contribution in [3.05, 3.63) is 0 Å². The summed E-state index contributed by atoms with van der Waals surface area (Å²) in [5.41, 5.74) is 3.19. The van der Waals surface area contributed by atoms with Crippen molar-refractivity contribution in [1.29, 1.82) is 0 Å². The maximum absolute atomic E-state index is 10.1. The molecule has 0 aromatic heterocycles. The average molecular weight is 296 g/mol. The van der Waals surface area contributed by atoms with Crippen LogP contribution in [0.1, 0.15) is 38.5 Å². The quantitative estimate of drug-likeness (QED) is 0.449. The first kappa shape index (κ1) is 20.6. The topological polar surface area (TPSA) is 74.6 Å². The van der Waals surface area contributed by atoms with Crippen molar-refractivity contribution in [2.45, 2.75) is 58.2 Å². The zero-order valence-corrected chi connectivity index (χ0v) is 13.5. The van der Waals surface area contributed by atoms with Gasteiger partial charge in [0.15, 0.2) is 0 Å². The Hall–Kier alpha value is -1.72. The molecule has 0 radical (unpaired) electrons. The van der Waals surface area contributed by atoms with Crippen molar-refractivity contribution in [3.8, 4) is 23.8 Å². The first-order chi connectivity index (χ1) is 9.19. The van der Waals surface area contributed by atoms with Crippen LogP contribution in [0.2, 0.25) is 19.6 Å². The number of carboxylic acid groups (broad SMARTS) is 2. The highest BCUT2D eigenvalue weighted by Gasteiger charge is 2.06. The predicted molar refractivity (Wildman–Crippen MR) is 82.9 cm³/mol. The molecule has 5 heteroatoms. The molecule has 0 unspecified atom stereocenters. The molecule has 4 nitrogen and oxygen atoms in total. The van der Waals surface area contributed by atoms with E-state index in [1.54, 1.807) is 0 Å². The van der Waals surface area contributed by atoms with Gasteiger partial charge in [-0.3, -0.25) is 9.59 Å². The molecule has 0 atom stereocenters. The highest BCUT2D eigenvalue weighted by atomic mass is 28.3. The molecule has 112 valence electrons. The van der Waals surface area contributed by atoms with Gasteiger partial charge in [-0.1, -0.05) is 19.6 Å². The number of hydrogen-bond acceptors (Lipinski definition) is 2. The van der Waals surface area contributed by atoms with E-state index in [4.69, 9.17) is 16.6 Å². The summed E-state index contributed by atoms with van der Waals surface area (Å²) < 4.78 is 0. The normalized spacial score (nSPS) is 9.30. The number of aliphatic carboxylic acids is 2. The third-order valence-electron chi connectivity index (χ3n) is 1.87. The van der Waals surface area contributed by atoms with Gasteiger partial charge in [0.25, 0.3) is 0 Å². The molecule has 0 heterocycles. The van der Waals surface area contributed by atoms with Crippen molar-refractivity contribution in [1.82, 2.24) is 0 Å². The lowest BCUT2D eigenvalue weighted by Crippen LogP contribution is -2.16. The fourth-order valence-electron chi connectivity index (χ4n) is 0.997. The van der Waals surface area contributed by atoms with Gasteiger partial charge in [0.1, 0.15) is 8.07 Å². The van der Waals surface area contributed by atoms with Gasteiger partial charge in [-0.25, -0.2) is 0 Å². The van der Waals surface area contributed by atoms with Gasteiger partial charge in [-0.05, 0) is 12.8 Å². The van der Waals surface area contributed by atoms with Gasteiger partial charge < -0.3 is 10.2 Å². The summed E-state index contributed by atoms with van der Waals surface area (Å²) >= 11 is 0. The van der Waals surface area contributed by atoms with Crippen LogP contribution < -0.4 is 0 Å². The third kappa shape index (κ3) is 25.2. The van der Waals surface area contributed by atoms with Crippen molar-refractivity contribution in [3.63, 3.8) is 0 Å². The van der Waals surface area contributed by atoms with Crippen LogP contribution in [0.25, 0.3) is 0 Å². The Labute approximate surface area is 122 Å². The molecule has 0 aliphatic carbocycles. The summed E-state index contributed by atoms with van der Waals surface area (Å²) in [6, 6.07) is 0. The number of terminal acetylenes is 1. The van der Waals surface area contributed by atoms with E-state index in [-0.39, 0.29) is 12.8 Å². The maximum Gasteiger partial charge on any atom is 0.303 e. The molecule has 0 bridgehead atoms. The number of rotatable bonds is 6. The first-order valence-corrected chi connectivity index (χ1v) is 10.1. The second-order valence-corrected chi connectivity index (χ2v) is 10.0. The standard InChI is InChI=1S/C9H16O2Si.C6H8O2/c1-12(2,3)8-6-4-5-7-9(10)11;1-2-3-4-5-6(7)8/h4-5,7H2,1-3H3,(H,10,11);1H,3-5H2,(H,7,8). The van der Waals surface area contributed by atoms with E-state index in [0.29, 0.717) is 19.3 Å². The first-order valence-electron chi connectivity index (χ1n) is 6.56. The number of unbranched alkanes of at least 4 members (excludes halogenated alkanes) is 2. The minimum atomic E-state index is -1.24. The molecule has 0 saturated heterocycles. The summed E-state index contributed by atoms with van der Waals surface area (Å²) in [6.07, 6.45) is 7.84. The third-order valence-corrected chi connectivity index (χ3v) is 2.79. The summed E-state index contributed by atoms with van der Waals surface area (Å²) in [6.45, 7) is 6.53. The Kier molecular flexibility index (Phi) is 12.7. The van der Waals surface area contributed by atoms with Crippen LogP contribution in [-0.2, 0) is 9.59 Å². The lowest BCUT2D eigenvalue weighted by molar-refractivity contribution is -0.138. The minimum Gasteiger partial charge on any atom is -0.481 e. The molecule has 0 aliphatic heterocycles. The highest BCUT2D eigenvalue weighted by molar-refractivity contribution is 6.83. The molecule has 0 amide bonds. The van der Waals surface area contributed by atoms with E-state index in [1.165, 1.54) is 0 Å². The van der Waals surface area contributed by atoms with Gasteiger partial charge >= 0.3 is 11.9 Å². The highest BCUT2D eigenvalue weighted by Crippen LogP contribution is 1.98. The summed E-state index contributed by atoms with van der Waals surface area (Å²) in [5, 5.41) is 16.4. The summed E-state index contributed by atoms with van der Waals surface area (Å²) in [4.78, 5) is 19.9. The van der Waals surface area contributed by atoms with Crippen LogP contribution in [0.4, 0.5) is 0 Å². The van der Waals surface area contributed by atoms with Gasteiger partial charge in [-0.2, -0.15) is 0 Å². The van der Waals surface area contributed by atoms with Crippen LogP contribution in [0.5, 0.6) is 0 Å². The van der Waals surface area contributed by atoms with Crippen LogP contribution in [0.3, 0.4) is 0 Å². The van der Waals surface area contributed by atoms with Gasteiger partial charge in [0.05, 0.1) is 0 Å². The van der Waals surface area contributed by atoms with E-state index in [0.717, 1.165) is 6.42 Å². The van der Waals surface area contributed by atoms with Crippen molar-refractivity contribution in [2.24, 2.45) is 0 Å². The molecule has 20 heavy (non-hydrogen) atoms. The zero-order chi connectivity index (χ0) is 16.0. The fourth-order valence-corrected chi connectivity index (χ4v) is 1.65. The Morgan fingerprint density at radius 1 is 1.00 bits per heavy atom. The van der Waals surface area contributed by atoms with E-state index in [2.05, 4.69) is 37.0 Å². The molecule has 0 fully saturated rings. The SMILES string of the molecule is C#CCCCC(=O)O.C[Si](C)(C)C#CCCCC(=O)O. The largest absolute Gasteiger partial charge is 0.481 e. The van der Waals surface area contributed by atoms with E-state index >= 15 is 0 Å². The smallest absolute Gasteiger partial charge is 0.303 e. The lowest BCUT2D eigenvalue weighted by atomic mass is 10.2. The monoisotopic (exact) mass is 296 g/mol. The van der Waals surface area contributed by atoms with Crippen LogP contribution in [0, 0.1) is 23.8 Å². The molecule has 0 aliphatic rings. The van der Waals surface area contributed by atoms with Gasteiger partial charge in [0, 0.05) is 25.7 Å². The van der Waals surface area contributed by atoms with Crippen LogP contribution in [0.15, 0.2) is 0 Å². The molecule has 0 saturated carbocycles. The molecular weight excluding hydrogens is 272 g/mol. The summed E-state index contributed by atoms with van der Waals surface area (Å²) in [5.74, 6) is 3.88. The predicted octanol–water partition coefficient (Wildman–Crippen LogP) is 3.00. The van der Waals surface area contributed by atoms with Crippen molar-refractivity contribution < 1.29 is 19.8 Å². The molecule has 2 N–H and O–H groups in total. The Balaban J connectivity index is 0. The fraction of sp³-hybridized carbons (Fsp3) is 0.600. The van der Waals surface area contributed by atoms with Crippen LogP contribution >= 0.6 is 0 Å². The number of hydrogen-bond donors (Lipinski definition) is 2.